The zero-order valence-electron chi connectivity index (χ0n) is 12.9. The Balaban J connectivity index is 1.57. The van der Waals surface area contributed by atoms with Crippen molar-refractivity contribution < 1.29 is 9.90 Å². The molecule has 4 unspecified atom stereocenters. The van der Waals surface area contributed by atoms with E-state index in [-0.39, 0.29) is 24.5 Å². The van der Waals surface area contributed by atoms with Crippen molar-refractivity contribution in [3.05, 3.63) is 16.6 Å². The van der Waals surface area contributed by atoms with E-state index >= 15 is 0 Å². The fraction of sp³-hybridized carbons (Fsp3) is 0.625. The number of hydrogen-bond acceptors (Lipinski definition) is 4. The maximum atomic E-state index is 12.6. The predicted molar refractivity (Wildman–Crippen MR) is 86.0 cm³/mol. The van der Waals surface area contributed by atoms with Crippen LogP contribution in [0.5, 0.6) is 0 Å². The number of nitrogens with one attached hydrogen (secondary N) is 1. The molecule has 22 heavy (non-hydrogen) atoms. The molecular formula is C16H21N3O2S. The van der Waals surface area contributed by atoms with Gasteiger partial charge in [-0.1, -0.05) is 0 Å². The van der Waals surface area contributed by atoms with Gasteiger partial charge in [-0.15, -0.1) is 11.3 Å². The van der Waals surface area contributed by atoms with Crippen LogP contribution in [0, 0.1) is 24.7 Å². The first-order valence-electron chi connectivity index (χ1n) is 7.93. The van der Waals surface area contributed by atoms with Crippen LogP contribution in [-0.4, -0.2) is 33.4 Å². The molecule has 5 nitrogen and oxygen atoms in total. The maximum absolute atomic E-state index is 12.6. The zero-order valence-corrected chi connectivity index (χ0v) is 13.7. The van der Waals surface area contributed by atoms with Crippen molar-refractivity contribution in [2.75, 3.05) is 6.61 Å². The van der Waals surface area contributed by atoms with E-state index in [0.29, 0.717) is 11.8 Å². The molecule has 0 aromatic carbocycles. The molecule has 2 heterocycles. The molecule has 2 fully saturated rings. The molecule has 2 N–H and O–H groups in total. The average molecular weight is 319 g/mol. The zero-order chi connectivity index (χ0) is 15.4. The molecule has 1 amide bonds. The third kappa shape index (κ3) is 2.01. The Kier molecular flexibility index (Phi) is 3.27. The van der Waals surface area contributed by atoms with Crippen LogP contribution in [-0.2, 0) is 7.05 Å². The summed E-state index contributed by atoms with van der Waals surface area (Å²) in [4.78, 5) is 14.4. The van der Waals surface area contributed by atoms with Gasteiger partial charge in [-0.3, -0.25) is 9.48 Å². The van der Waals surface area contributed by atoms with Crippen LogP contribution in [0.3, 0.4) is 0 Å². The van der Waals surface area contributed by atoms with Crippen LogP contribution in [0.4, 0.5) is 0 Å². The van der Waals surface area contributed by atoms with Crippen LogP contribution in [0.1, 0.15) is 34.6 Å². The standard InChI is InChI=1S/C16H21N3O2S/c1-8-11-6-13(22-16(11)19(2)18-8)15(21)17-14-10-4-3-9(5-10)12(14)7-20/h6,9-10,12,14,20H,3-5,7H2,1-2H3,(H,17,21). The smallest absolute Gasteiger partial charge is 0.261 e. The summed E-state index contributed by atoms with van der Waals surface area (Å²) in [5.41, 5.74) is 0.959. The van der Waals surface area contributed by atoms with Gasteiger partial charge in [0.05, 0.1) is 10.6 Å². The number of carbonyl (C=O) groups excluding carboxylic acids is 1. The van der Waals surface area contributed by atoms with Crippen molar-refractivity contribution in [3.63, 3.8) is 0 Å². The van der Waals surface area contributed by atoms with E-state index < -0.39 is 0 Å². The van der Waals surface area contributed by atoms with Gasteiger partial charge in [0.2, 0.25) is 0 Å². The number of thiophene rings is 1. The van der Waals surface area contributed by atoms with E-state index in [1.165, 1.54) is 24.2 Å². The number of hydrogen-bond donors (Lipinski definition) is 2. The number of aliphatic hydroxyl groups is 1. The number of aromatic nitrogens is 2. The van der Waals surface area contributed by atoms with Crippen molar-refractivity contribution in [1.82, 2.24) is 15.1 Å². The van der Waals surface area contributed by atoms with Crippen LogP contribution in [0.25, 0.3) is 10.2 Å². The van der Waals surface area contributed by atoms with Gasteiger partial charge >= 0.3 is 0 Å². The second-order valence-electron chi connectivity index (χ2n) is 6.72. The SMILES string of the molecule is Cc1nn(C)c2sc(C(=O)NC3C4CCC(C4)C3CO)cc12. The number of aryl methyl sites for hydroxylation is 2. The van der Waals surface area contributed by atoms with Crippen molar-refractivity contribution in [2.24, 2.45) is 24.8 Å². The van der Waals surface area contributed by atoms with Gasteiger partial charge < -0.3 is 10.4 Å². The molecule has 2 aliphatic carbocycles. The monoisotopic (exact) mass is 319 g/mol. The summed E-state index contributed by atoms with van der Waals surface area (Å²) in [5, 5.41) is 18.3. The summed E-state index contributed by atoms with van der Waals surface area (Å²) in [6, 6.07) is 2.08. The number of nitrogens with zero attached hydrogens (tertiary/aromatic N) is 2. The molecular weight excluding hydrogens is 298 g/mol. The lowest BCUT2D eigenvalue weighted by molar-refractivity contribution is 0.0865. The van der Waals surface area contributed by atoms with Crippen LogP contribution >= 0.6 is 11.3 Å². The van der Waals surface area contributed by atoms with Crippen molar-refractivity contribution >= 4 is 27.5 Å². The van der Waals surface area contributed by atoms with Gasteiger partial charge in [-0.05, 0) is 44.1 Å². The summed E-state index contributed by atoms with van der Waals surface area (Å²) < 4.78 is 1.83. The van der Waals surface area contributed by atoms with E-state index in [4.69, 9.17) is 0 Å². The second-order valence-corrected chi connectivity index (χ2v) is 7.75. The molecule has 2 aliphatic rings. The molecule has 2 saturated carbocycles. The highest BCUT2D eigenvalue weighted by Gasteiger charge is 2.47. The number of amides is 1. The first kappa shape index (κ1) is 14.2. The third-order valence-corrected chi connectivity index (χ3v) is 6.72. The minimum atomic E-state index is -0.00315. The lowest BCUT2D eigenvalue weighted by Gasteiger charge is -2.30. The molecule has 0 aliphatic heterocycles. The van der Waals surface area contributed by atoms with Crippen LogP contribution in [0.2, 0.25) is 0 Å². The predicted octanol–water partition coefficient (Wildman–Crippen LogP) is 2.08. The summed E-state index contributed by atoms with van der Waals surface area (Å²) in [6.45, 7) is 2.15. The van der Waals surface area contributed by atoms with E-state index in [1.54, 1.807) is 0 Å². The summed E-state index contributed by atoms with van der Waals surface area (Å²) in [7, 11) is 1.91. The molecule has 0 spiro atoms. The van der Waals surface area contributed by atoms with Gasteiger partial charge in [-0.2, -0.15) is 5.10 Å². The highest BCUT2D eigenvalue weighted by molar-refractivity contribution is 7.20. The molecule has 0 radical (unpaired) electrons. The molecule has 4 rings (SSSR count). The second kappa shape index (κ2) is 5.06. The van der Waals surface area contributed by atoms with Crippen LogP contribution < -0.4 is 5.32 Å². The van der Waals surface area contributed by atoms with E-state index in [0.717, 1.165) is 27.2 Å². The van der Waals surface area contributed by atoms with Crippen LogP contribution in [0.15, 0.2) is 6.07 Å². The first-order chi connectivity index (χ1) is 10.6. The lowest BCUT2D eigenvalue weighted by atomic mass is 9.85. The normalized spacial score (nSPS) is 30.3. The Morgan fingerprint density at radius 3 is 3.00 bits per heavy atom. The van der Waals surface area contributed by atoms with Crippen molar-refractivity contribution in [1.29, 1.82) is 0 Å². The summed E-state index contributed by atoms with van der Waals surface area (Å²) >= 11 is 1.49. The number of fused-ring (bicyclic) bond motifs is 3. The minimum absolute atomic E-state index is 0.00315. The molecule has 6 heteroatoms. The topological polar surface area (TPSA) is 67.2 Å². The average Bonchev–Trinajstić information content (AvgIpc) is 3.23. The largest absolute Gasteiger partial charge is 0.396 e. The van der Waals surface area contributed by atoms with E-state index in [1.807, 2.05) is 24.7 Å². The number of rotatable bonds is 3. The number of carbonyl (C=O) groups is 1. The quantitative estimate of drug-likeness (QED) is 0.910. The van der Waals surface area contributed by atoms with E-state index in [2.05, 4.69) is 10.4 Å². The molecule has 2 bridgehead atoms. The van der Waals surface area contributed by atoms with Crippen molar-refractivity contribution in [3.8, 4) is 0 Å². The fourth-order valence-electron chi connectivity index (χ4n) is 4.44. The minimum Gasteiger partial charge on any atom is -0.396 e. The van der Waals surface area contributed by atoms with Gasteiger partial charge in [-0.25, -0.2) is 0 Å². The molecule has 4 atom stereocenters. The first-order valence-corrected chi connectivity index (χ1v) is 8.75. The van der Waals surface area contributed by atoms with Gasteiger partial charge in [0.25, 0.3) is 5.91 Å². The van der Waals surface area contributed by atoms with E-state index in [9.17, 15) is 9.90 Å². The highest BCUT2D eigenvalue weighted by Crippen LogP contribution is 2.48. The summed E-state index contributed by atoms with van der Waals surface area (Å²) in [5.74, 6) is 1.37. The fourth-order valence-corrected chi connectivity index (χ4v) is 5.46. The van der Waals surface area contributed by atoms with Gasteiger partial charge in [0.15, 0.2) is 0 Å². The van der Waals surface area contributed by atoms with Gasteiger partial charge in [0.1, 0.15) is 4.83 Å². The number of aliphatic hydroxyl groups excluding tert-OH is 1. The lowest BCUT2D eigenvalue weighted by Crippen LogP contribution is -2.45. The Morgan fingerprint density at radius 1 is 1.50 bits per heavy atom. The van der Waals surface area contributed by atoms with Crippen molar-refractivity contribution in [2.45, 2.75) is 32.2 Å². The maximum Gasteiger partial charge on any atom is 0.261 e. The molecule has 0 saturated heterocycles. The summed E-state index contributed by atoms with van der Waals surface area (Å²) in [6.07, 6.45) is 3.54. The highest BCUT2D eigenvalue weighted by atomic mass is 32.1. The Morgan fingerprint density at radius 2 is 2.27 bits per heavy atom. The molecule has 118 valence electrons. The molecule has 2 aromatic heterocycles. The van der Waals surface area contributed by atoms with Gasteiger partial charge in [0, 0.05) is 31.0 Å². The Hall–Kier alpha value is -1.40. The molecule has 2 aromatic rings. The Labute approximate surface area is 133 Å². The Bertz CT molecular complexity index is 701. The third-order valence-electron chi connectivity index (χ3n) is 5.52.